The molecule has 4 aromatic rings. The second-order valence-electron chi connectivity index (χ2n) is 5.69. The smallest absolute Gasteiger partial charge is 0.276 e. The molecule has 5 nitrogen and oxygen atoms in total. The molecule has 2 aromatic heterocycles. The van der Waals surface area contributed by atoms with Crippen molar-refractivity contribution < 1.29 is 9.21 Å². The topological polar surface area (TPSA) is 59.2 Å². The SMILES string of the molecule is O=C(c1csnn1)N(Cc1ccccc1)Cc1cc2ccccc2o1. The van der Waals surface area contributed by atoms with Crippen molar-refractivity contribution in [1.82, 2.24) is 14.5 Å². The number of amides is 1. The molecule has 0 aliphatic rings. The van der Waals surface area contributed by atoms with Crippen LogP contribution in [0.1, 0.15) is 21.8 Å². The lowest BCUT2D eigenvalue weighted by Crippen LogP contribution is -2.30. The van der Waals surface area contributed by atoms with E-state index in [9.17, 15) is 4.79 Å². The third-order valence-electron chi connectivity index (χ3n) is 3.91. The lowest BCUT2D eigenvalue weighted by molar-refractivity contribution is 0.0712. The van der Waals surface area contributed by atoms with Gasteiger partial charge in [0, 0.05) is 17.3 Å². The number of para-hydroxylation sites is 1. The number of fused-ring (bicyclic) bond motifs is 1. The fourth-order valence-corrected chi connectivity index (χ4v) is 3.16. The van der Waals surface area contributed by atoms with Gasteiger partial charge in [-0.15, -0.1) is 5.10 Å². The number of carbonyl (C=O) groups is 1. The van der Waals surface area contributed by atoms with Gasteiger partial charge in [-0.3, -0.25) is 4.79 Å². The zero-order valence-electron chi connectivity index (χ0n) is 13.3. The molecule has 124 valence electrons. The van der Waals surface area contributed by atoms with E-state index in [-0.39, 0.29) is 5.91 Å². The Balaban J connectivity index is 1.63. The van der Waals surface area contributed by atoms with Crippen LogP contribution in [0, 0.1) is 0 Å². The van der Waals surface area contributed by atoms with E-state index in [1.54, 1.807) is 10.3 Å². The second-order valence-corrected chi connectivity index (χ2v) is 6.30. The fourth-order valence-electron chi connectivity index (χ4n) is 2.73. The van der Waals surface area contributed by atoms with Crippen LogP contribution < -0.4 is 0 Å². The van der Waals surface area contributed by atoms with E-state index in [0.29, 0.717) is 18.8 Å². The van der Waals surface area contributed by atoms with E-state index in [4.69, 9.17) is 4.42 Å². The normalized spacial score (nSPS) is 10.9. The quantitative estimate of drug-likeness (QED) is 0.544. The highest BCUT2D eigenvalue weighted by Crippen LogP contribution is 2.21. The van der Waals surface area contributed by atoms with Gasteiger partial charge in [-0.2, -0.15) is 0 Å². The summed E-state index contributed by atoms with van der Waals surface area (Å²) < 4.78 is 9.67. The Hall–Kier alpha value is -2.99. The highest BCUT2D eigenvalue weighted by molar-refractivity contribution is 7.03. The molecule has 2 aromatic carbocycles. The summed E-state index contributed by atoms with van der Waals surface area (Å²) >= 11 is 1.17. The Morgan fingerprint density at radius 1 is 1.04 bits per heavy atom. The highest BCUT2D eigenvalue weighted by Gasteiger charge is 2.20. The summed E-state index contributed by atoms with van der Waals surface area (Å²) in [4.78, 5) is 14.5. The van der Waals surface area contributed by atoms with E-state index in [1.807, 2.05) is 60.7 Å². The summed E-state index contributed by atoms with van der Waals surface area (Å²) in [7, 11) is 0. The summed E-state index contributed by atoms with van der Waals surface area (Å²) in [5, 5.41) is 6.60. The van der Waals surface area contributed by atoms with Crippen LogP contribution in [0.15, 0.2) is 70.5 Å². The molecule has 6 heteroatoms. The molecule has 0 aliphatic carbocycles. The van der Waals surface area contributed by atoms with Gasteiger partial charge in [0.25, 0.3) is 5.91 Å². The summed E-state index contributed by atoms with van der Waals surface area (Å²) in [6.07, 6.45) is 0. The van der Waals surface area contributed by atoms with Gasteiger partial charge in [0.15, 0.2) is 5.69 Å². The first-order valence-corrected chi connectivity index (χ1v) is 8.71. The summed E-state index contributed by atoms with van der Waals surface area (Å²) in [6.45, 7) is 0.855. The zero-order valence-corrected chi connectivity index (χ0v) is 14.1. The Morgan fingerprint density at radius 2 is 1.84 bits per heavy atom. The van der Waals surface area contributed by atoms with E-state index in [1.165, 1.54) is 11.5 Å². The van der Waals surface area contributed by atoms with Crippen molar-refractivity contribution in [3.63, 3.8) is 0 Å². The minimum Gasteiger partial charge on any atom is -0.459 e. The second kappa shape index (κ2) is 6.86. The largest absolute Gasteiger partial charge is 0.459 e. The molecule has 0 saturated carbocycles. The predicted octanol–water partition coefficient (Wildman–Crippen LogP) is 4.13. The zero-order chi connectivity index (χ0) is 17.1. The van der Waals surface area contributed by atoms with Crippen molar-refractivity contribution in [2.24, 2.45) is 0 Å². The van der Waals surface area contributed by atoms with Crippen LogP contribution in [0.2, 0.25) is 0 Å². The Bertz CT molecular complexity index is 947. The molecule has 0 spiro atoms. The lowest BCUT2D eigenvalue weighted by Gasteiger charge is -2.20. The van der Waals surface area contributed by atoms with Crippen LogP contribution in [0.5, 0.6) is 0 Å². The van der Waals surface area contributed by atoms with Crippen LogP contribution in [0.3, 0.4) is 0 Å². The number of hydrogen-bond donors (Lipinski definition) is 0. The molecule has 0 N–H and O–H groups in total. The summed E-state index contributed by atoms with van der Waals surface area (Å²) in [6, 6.07) is 19.7. The van der Waals surface area contributed by atoms with Gasteiger partial charge in [-0.1, -0.05) is 53.0 Å². The van der Waals surface area contributed by atoms with Crippen molar-refractivity contribution in [3.8, 4) is 0 Å². The Morgan fingerprint density at radius 3 is 2.60 bits per heavy atom. The molecule has 2 heterocycles. The van der Waals surface area contributed by atoms with Crippen LogP contribution >= 0.6 is 11.5 Å². The van der Waals surface area contributed by atoms with Gasteiger partial charge in [-0.05, 0) is 29.2 Å². The monoisotopic (exact) mass is 349 g/mol. The predicted molar refractivity (Wildman–Crippen MR) is 96.1 cm³/mol. The number of hydrogen-bond acceptors (Lipinski definition) is 5. The van der Waals surface area contributed by atoms with Gasteiger partial charge in [0.2, 0.25) is 0 Å². The van der Waals surface area contributed by atoms with Crippen molar-refractivity contribution in [2.45, 2.75) is 13.1 Å². The van der Waals surface area contributed by atoms with E-state index in [2.05, 4.69) is 9.59 Å². The molecule has 0 saturated heterocycles. The van der Waals surface area contributed by atoms with Crippen molar-refractivity contribution in [1.29, 1.82) is 0 Å². The molecule has 0 fully saturated rings. The average Bonchev–Trinajstić information content (AvgIpc) is 3.31. The van der Waals surface area contributed by atoms with Crippen LogP contribution in [-0.2, 0) is 13.1 Å². The third-order valence-corrected chi connectivity index (χ3v) is 4.41. The molecule has 0 radical (unpaired) electrons. The molecule has 0 unspecified atom stereocenters. The number of furan rings is 1. The molecule has 25 heavy (non-hydrogen) atoms. The maximum absolute atomic E-state index is 12.8. The standard InChI is InChI=1S/C19H15N3O2S/c23-19(17-13-25-21-20-17)22(11-14-6-2-1-3-7-14)12-16-10-15-8-4-5-9-18(15)24-16/h1-10,13H,11-12H2. The highest BCUT2D eigenvalue weighted by atomic mass is 32.1. The maximum atomic E-state index is 12.8. The third kappa shape index (κ3) is 3.44. The first-order valence-electron chi connectivity index (χ1n) is 7.87. The first-order chi connectivity index (χ1) is 12.3. The van der Waals surface area contributed by atoms with E-state index >= 15 is 0 Å². The maximum Gasteiger partial charge on any atom is 0.276 e. The summed E-state index contributed by atoms with van der Waals surface area (Å²) in [5.74, 6) is 0.590. The van der Waals surface area contributed by atoms with Crippen molar-refractivity contribution >= 4 is 28.4 Å². The number of carbonyl (C=O) groups excluding carboxylic acids is 1. The van der Waals surface area contributed by atoms with E-state index < -0.39 is 0 Å². The Kier molecular flexibility index (Phi) is 4.26. The number of aromatic nitrogens is 2. The van der Waals surface area contributed by atoms with E-state index in [0.717, 1.165) is 22.3 Å². The Labute approximate surface area is 148 Å². The van der Waals surface area contributed by atoms with Gasteiger partial charge in [0.05, 0.1) is 6.54 Å². The molecule has 4 rings (SSSR count). The van der Waals surface area contributed by atoms with Gasteiger partial charge >= 0.3 is 0 Å². The lowest BCUT2D eigenvalue weighted by atomic mass is 10.2. The van der Waals surface area contributed by atoms with Crippen molar-refractivity contribution in [3.05, 3.63) is 83.1 Å². The minimum atomic E-state index is -0.155. The van der Waals surface area contributed by atoms with Gasteiger partial charge in [0.1, 0.15) is 11.3 Å². The van der Waals surface area contributed by atoms with Gasteiger partial charge < -0.3 is 9.32 Å². The molecular weight excluding hydrogens is 334 g/mol. The molecule has 1 amide bonds. The molecular formula is C19H15N3O2S. The number of nitrogens with zero attached hydrogens (tertiary/aromatic N) is 3. The first kappa shape index (κ1) is 15.5. The number of benzene rings is 2. The van der Waals surface area contributed by atoms with Crippen molar-refractivity contribution in [2.75, 3.05) is 0 Å². The molecule has 0 bridgehead atoms. The summed E-state index contributed by atoms with van der Waals surface area (Å²) in [5.41, 5.74) is 2.23. The minimum absolute atomic E-state index is 0.155. The average molecular weight is 349 g/mol. The molecule has 0 atom stereocenters. The van der Waals surface area contributed by atoms with Crippen LogP contribution in [0.4, 0.5) is 0 Å². The van der Waals surface area contributed by atoms with Crippen LogP contribution in [0.25, 0.3) is 11.0 Å². The fraction of sp³-hybridized carbons (Fsp3) is 0.105. The number of rotatable bonds is 5. The van der Waals surface area contributed by atoms with Crippen LogP contribution in [-0.4, -0.2) is 20.4 Å². The van der Waals surface area contributed by atoms with Gasteiger partial charge in [-0.25, -0.2) is 0 Å². The molecule has 0 aliphatic heterocycles.